The van der Waals surface area contributed by atoms with Gasteiger partial charge in [-0.3, -0.25) is 9.78 Å². The van der Waals surface area contributed by atoms with Crippen molar-refractivity contribution >= 4 is 12.3 Å². The fraction of sp³-hybridized carbons (Fsp3) is 0.300. The van der Waals surface area contributed by atoms with Crippen LogP contribution in [0.1, 0.15) is 33.3 Å². The maximum atomic E-state index is 11.2. The first kappa shape index (κ1) is 10.4. The molecule has 0 aromatic carbocycles. The largest absolute Gasteiger partial charge is 0.462 e. The lowest BCUT2D eigenvalue weighted by molar-refractivity contribution is 0.0525. The number of pyridine rings is 1. The number of aryl methyl sites for hydroxylation is 1. The highest BCUT2D eigenvalue weighted by Crippen LogP contribution is 2.07. The van der Waals surface area contributed by atoms with Crippen LogP contribution in [0.4, 0.5) is 0 Å². The Bertz CT molecular complexity index is 360. The molecule has 1 aromatic heterocycles. The van der Waals surface area contributed by atoms with Crippen molar-refractivity contribution in [1.29, 1.82) is 0 Å². The van der Waals surface area contributed by atoms with Crippen LogP contribution in [0.2, 0.25) is 0 Å². The molecule has 4 heteroatoms. The number of nitrogens with zero attached hydrogens (tertiary/aromatic N) is 1. The van der Waals surface area contributed by atoms with Gasteiger partial charge in [0, 0.05) is 6.20 Å². The lowest BCUT2D eigenvalue weighted by Gasteiger charge is -2.02. The quantitative estimate of drug-likeness (QED) is 0.537. The van der Waals surface area contributed by atoms with Gasteiger partial charge < -0.3 is 4.74 Å². The number of aldehydes is 1. The third-order valence-corrected chi connectivity index (χ3v) is 1.74. The van der Waals surface area contributed by atoms with Crippen molar-refractivity contribution in [2.75, 3.05) is 6.61 Å². The highest BCUT2D eigenvalue weighted by atomic mass is 16.5. The first-order chi connectivity index (χ1) is 6.69. The van der Waals surface area contributed by atoms with Gasteiger partial charge in [-0.1, -0.05) is 0 Å². The molecule has 4 nitrogen and oxygen atoms in total. The van der Waals surface area contributed by atoms with Gasteiger partial charge in [0.2, 0.25) is 0 Å². The molecule has 0 unspecified atom stereocenters. The maximum Gasteiger partial charge on any atom is 0.339 e. The molecule has 0 aliphatic carbocycles. The van der Waals surface area contributed by atoms with Gasteiger partial charge in [0.05, 0.1) is 12.2 Å². The lowest BCUT2D eigenvalue weighted by Crippen LogP contribution is -2.06. The summed E-state index contributed by atoms with van der Waals surface area (Å²) in [6, 6.07) is 1.59. The van der Waals surface area contributed by atoms with Crippen molar-refractivity contribution in [1.82, 2.24) is 4.98 Å². The number of carbonyl (C=O) groups excluding carboxylic acids is 2. The van der Waals surface area contributed by atoms with Gasteiger partial charge in [0.1, 0.15) is 5.69 Å². The summed E-state index contributed by atoms with van der Waals surface area (Å²) in [5.74, 6) is -0.416. The molecule has 0 N–H and O–H groups in total. The summed E-state index contributed by atoms with van der Waals surface area (Å²) in [4.78, 5) is 25.5. The zero-order chi connectivity index (χ0) is 10.6. The molecule has 0 fully saturated rings. The zero-order valence-electron chi connectivity index (χ0n) is 8.11. The minimum absolute atomic E-state index is 0.327. The summed E-state index contributed by atoms with van der Waals surface area (Å²) < 4.78 is 4.79. The van der Waals surface area contributed by atoms with Crippen molar-refractivity contribution < 1.29 is 14.3 Å². The summed E-state index contributed by atoms with van der Waals surface area (Å²) in [5.41, 5.74) is 1.39. The predicted molar refractivity (Wildman–Crippen MR) is 50.3 cm³/mol. The number of aromatic nitrogens is 1. The van der Waals surface area contributed by atoms with E-state index in [1.807, 2.05) is 0 Å². The van der Waals surface area contributed by atoms with Crippen molar-refractivity contribution in [3.8, 4) is 0 Å². The van der Waals surface area contributed by atoms with Gasteiger partial charge in [-0.25, -0.2) is 4.79 Å². The third kappa shape index (κ3) is 2.16. The Morgan fingerprint density at radius 2 is 2.36 bits per heavy atom. The van der Waals surface area contributed by atoms with Gasteiger partial charge in [-0.2, -0.15) is 0 Å². The molecule has 0 aliphatic rings. The Labute approximate surface area is 81.9 Å². The highest BCUT2D eigenvalue weighted by molar-refractivity contribution is 5.90. The molecule has 0 saturated carbocycles. The van der Waals surface area contributed by atoms with Crippen molar-refractivity contribution in [2.24, 2.45) is 0 Å². The molecule has 0 aliphatic heterocycles. The van der Waals surface area contributed by atoms with Gasteiger partial charge in [-0.15, -0.1) is 0 Å². The molecule has 0 saturated heterocycles. The van der Waals surface area contributed by atoms with E-state index in [-0.39, 0.29) is 0 Å². The van der Waals surface area contributed by atoms with E-state index in [0.29, 0.717) is 29.7 Å². The van der Waals surface area contributed by atoms with Crippen LogP contribution >= 0.6 is 0 Å². The van der Waals surface area contributed by atoms with E-state index in [9.17, 15) is 9.59 Å². The van der Waals surface area contributed by atoms with Crippen LogP contribution in [-0.4, -0.2) is 23.8 Å². The topological polar surface area (TPSA) is 56.3 Å². The van der Waals surface area contributed by atoms with E-state index in [1.54, 1.807) is 19.9 Å². The van der Waals surface area contributed by atoms with Crippen LogP contribution in [0, 0.1) is 6.92 Å². The normalized spacial score (nSPS) is 9.57. The van der Waals surface area contributed by atoms with Crippen molar-refractivity contribution in [3.05, 3.63) is 29.1 Å². The van der Waals surface area contributed by atoms with Crippen LogP contribution < -0.4 is 0 Å². The Morgan fingerprint density at radius 3 is 2.86 bits per heavy atom. The average Bonchev–Trinajstić information content (AvgIpc) is 2.18. The number of rotatable bonds is 3. The summed E-state index contributed by atoms with van der Waals surface area (Å²) >= 11 is 0. The Morgan fingerprint density at radius 1 is 1.64 bits per heavy atom. The Balaban J connectivity index is 2.96. The molecule has 0 bridgehead atoms. The van der Waals surface area contributed by atoms with E-state index in [4.69, 9.17) is 4.74 Å². The van der Waals surface area contributed by atoms with E-state index in [0.717, 1.165) is 0 Å². The fourth-order valence-electron chi connectivity index (χ4n) is 1.03. The van der Waals surface area contributed by atoms with Crippen LogP contribution in [-0.2, 0) is 4.74 Å². The second-order valence-electron chi connectivity index (χ2n) is 2.76. The third-order valence-electron chi connectivity index (χ3n) is 1.74. The van der Waals surface area contributed by atoms with Gasteiger partial charge in [0.15, 0.2) is 6.29 Å². The van der Waals surface area contributed by atoms with Crippen LogP contribution in [0.3, 0.4) is 0 Å². The number of esters is 1. The molecule has 1 aromatic rings. The smallest absolute Gasteiger partial charge is 0.339 e. The molecule has 0 spiro atoms. The molecule has 0 atom stereocenters. The molecule has 14 heavy (non-hydrogen) atoms. The fourth-order valence-corrected chi connectivity index (χ4v) is 1.03. The number of hydrogen-bond donors (Lipinski definition) is 0. The van der Waals surface area contributed by atoms with E-state index in [2.05, 4.69) is 4.98 Å². The van der Waals surface area contributed by atoms with Gasteiger partial charge in [0.25, 0.3) is 0 Å². The van der Waals surface area contributed by atoms with Crippen LogP contribution in [0.25, 0.3) is 0 Å². The summed E-state index contributed by atoms with van der Waals surface area (Å²) in [6.07, 6.45) is 2.00. The zero-order valence-corrected chi connectivity index (χ0v) is 8.11. The monoisotopic (exact) mass is 193 g/mol. The molecule has 1 heterocycles. The molecular formula is C10H11NO3. The molecular weight excluding hydrogens is 182 g/mol. The Hall–Kier alpha value is -1.71. The molecule has 1 rings (SSSR count). The minimum atomic E-state index is -0.416. The second kappa shape index (κ2) is 4.50. The van der Waals surface area contributed by atoms with E-state index < -0.39 is 5.97 Å². The van der Waals surface area contributed by atoms with Crippen LogP contribution in [0.15, 0.2) is 12.3 Å². The average molecular weight is 193 g/mol. The first-order valence-corrected chi connectivity index (χ1v) is 4.28. The summed E-state index contributed by atoms with van der Waals surface area (Å²) in [5, 5.41) is 0. The van der Waals surface area contributed by atoms with Crippen molar-refractivity contribution in [3.63, 3.8) is 0 Å². The van der Waals surface area contributed by atoms with Crippen LogP contribution in [0.5, 0.6) is 0 Å². The predicted octanol–water partition coefficient (Wildman–Crippen LogP) is 1.38. The van der Waals surface area contributed by atoms with E-state index >= 15 is 0 Å². The van der Waals surface area contributed by atoms with Gasteiger partial charge in [-0.05, 0) is 25.5 Å². The van der Waals surface area contributed by atoms with E-state index in [1.165, 1.54) is 6.20 Å². The number of ether oxygens (including phenoxy) is 1. The SMILES string of the molecule is CCOC(=O)c1cnc(C=O)c(C)c1. The highest BCUT2D eigenvalue weighted by Gasteiger charge is 2.08. The molecule has 74 valence electrons. The summed E-state index contributed by atoms with van der Waals surface area (Å²) in [6.45, 7) is 3.78. The minimum Gasteiger partial charge on any atom is -0.462 e. The lowest BCUT2D eigenvalue weighted by atomic mass is 10.1. The molecule has 0 radical (unpaired) electrons. The van der Waals surface area contributed by atoms with Crippen molar-refractivity contribution in [2.45, 2.75) is 13.8 Å². The standard InChI is InChI=1S/C10H11NO3/c1-3-14-10(13)8-4-7(2)9(6-12)11-5-8/h4-6H,3H2,1-2H3. The second-order valence-corrected chi connectivity index (χ2v) is 2.76. The van der Waals surface area contributed by atoms with Gasteiger partial charge >= 0.3 is 5.97 Å². The Kier molecular flexibility index (Phi) is 3.34. The first-order valence-electron chi connectivity index (χ1n) is 4.28. The maximum absolute atomic E-state index is 11.2. The number of carbonyl (C=O) groups is 2. The molecule has 0 amide bonds. The number of hydrogen-bond acceptors (Lipinski definition) is 4. The summed E-state index contributed by atoms with van der Waals surface area (Å²) in [7, 11) is 0.